The van der Waals surface area contributed by atoms with E-state index in [1.165, 1.54) is 0 Å². The molecule has 0 heterocycles. The molecule has 1 rings (SSSR count). The lowest BCUT2D eigenvalue weighted by atomic mass is 9.81. The maximum Gasteiger partial charge on any atom is 0.0938 e. The van der Waals surface area contributed by atoms with Crippen LogP contribution in [0.2, 0.25) is 10.0 Å². The van der Waals surface area contributed by atoms with Crippen LogP contribution in [0, 0.1) is 22.7 Å². The molecule has 15 heavy (non-hydrogen) atoms. The van der Waals surface area contributed by atoms with Crippen molar-refractivity contribution in [3.63, 3.8) is 0 Å². The molecule has 0 amide bonds. The molecule has 1 aromatic carbocycles. The molecule has 0 saturated carbocycles. The molecule has 0 saturated heterocycles. The van der Waals surface area contributed by atoms with E-state index in [2.05, 4.69) is 6.07 Å². The number of halogens is 2. The van der Waals surface area contributed by atoms with Crippen LogP contribution in [0.1, 0.15) is 18.9 Å². The Morgan fingerprint density at radius 2 is 2.00 bits per heavy atom. The first-order chi connectivity index (χ1) is 7.03. The molecule has 0 spiro atoms. The van der Waals surface area contributed by atoms with Gasteiger partial charge in [0.2, 0.25) is 0 Å². The second kappa shape index (κ2) is 4.53. The Hall–Kier alpha value is -1.22. The zero-order valence-electron chi connectivity index (χ0n) is 8.09. The van der Waals surface area contributed by atoms with Crippen LogP contribution in [-0.2, 0) is 5.41 Å². The molecule has 0 aromatic heterocycles. The maximum absolute atomic E-state index is 9.08. The van der Waals surface area contributed by atoms with Gasteiger partial charge in [0.05, 0.1) is 24.0 Å². The number of hydrogen-bond donors (Lipinski definition) is 0. The third kappa shape index (κ3) is 2.42. The van der Waals surface area contributed by atoms with Gasteiger partial charge in [-0.25, -0.2) is 0 Å². The molecular weight excluding hydrogens is 231 g/mol. The summed E-state index contributed by atoms with van der Waals surface area (Å²) in [5.74, 6) is 0. The quantitative estimate of drug-likeness (QED) is 0.790. The summed E-state index contributed by atoms with van der Waals surface area (Å²) in [6.45, 7) is 1.67. The standard InChI is InChI=1S/C11H8Cl2N2/c1-11(7-15,4-5-14)9-6-8(12)2-3-10(9)13/h2-3,6H,4H2,1H3. The average Bonchev–Trinajstić information content (AvgIpc) is 2.22. The highest BCUT2D eigenvalue weighted by Crippen LogP contribution is 2.34. The monoisotopic (exact) mass is 238 g/mol. The van der Waals surface area contributed by atoms with E-state index in [0.29, 0.717) is 15.6 Å². The zero-order chi connectivity index (χ0) is 11.5. The van der Waals surface area contributed by atoms with E-state index >= 15 is 0 Å². The van der Waals surface area contributed by atoms with Crippen LogP contribution in [-0.4, -0.2) is 0 Å². The van der Waals surface area contributed by atoms with Crippen molar-refractivity contribution >= 4 is 23.2 Å². The van der Waals surface area contributed by atoms with Crippen LogP contribution in [0.3, 0.4) is 0 Å². The minimum atomic E-state index is -0.906. The van der Waals surface area contributed by atoms with E-state index in [1.807, 2.05) is 6.07 Å². The summed E-state index contributed by atoms with van der Waals surface area (Å²) in [6, 6.07) is 8.99. The molecule has 0 aliphatic heterocycles. The highest BCUT2D eigenvalue weighted by molar-refractivity contribution is 6.33. The average molecular weight is 239 g/mol. The summed E-state index contributed by atoms with van der Waals surface area (Å²) >= 11 is 11.8. The highest BCUT2D eigenvalue weighted by Gasteiger charge is 2.28. The van der Waals surface area contributed by atoms with Gasteiger partial charge in [0.15, 0.2) is 0 Å². The van der Waals surface area contributed by atoms with Crippen LogP contribution < -0.4 is 0 Å². The Balaban J connectivity index is 3.31. The number of rotatable bonds is 2. The molecule has 76 valence electrons. The first-order valence-electron chi connectivity index (χ1n) is 4.27. The second-order valence-electron chi connectivity index (χ2n) is 3.40. The highest BCUT2D eigenvalue weighted by atomic mass is 35.5. The summed E-state index contributed by atoms with van der Waals surface area (Å²) < 4.78 is 0. The van der Waals surface area contributed by atoms with E-state index in [4.69, 9.17) is 33.7 Å². The first kappa shape index (κ1) is 11.9. The fourth-order valence-electron chi connectivity index (χ4n) is 1.27. The minimum absolute atomic E-state index is 0.0869. The third-order valence-corrected chi connectivity index (χ3v) is 2.77. The molecule has 0 radical (unpaired) electrons. The first-order valence-corrected chi connectivity index (χ1v) is 5.03. The van der Waals surface area contributed by atoms with Crippen molar-refractivity contribution in [1.82, 2.24) is 0 Å². The van der Waals surface area contributed by atoms with Crippen LogP contribution in [0.15, 0.2) is 18.2 Å². The molecule has 4 heteroatoms. The molecule has 2 nitrogen and oxygen atoms in total. The van der Waals surface area contributed by atoms with Crippen molar-refractivity contribution in [1.29, 1.82) is 10.5 Å². The van der Waals surface area contributed by atoms with Crippen LogP contribution in [0.25, 0.3) is 0 Å². The molecule has 1 atom stereocenters. The van der Waals surface area contributed by atoms with Gasteiger partial charge in [-0.2, -0.15) is 10.5 Å². The van der Waals surface area contributed by atoms with Crippen molar-refractivity contribution in [2.75, 3.05) is 0 Å². The normalized spacial score (nSPS) is 13.7. The smallest absolute Gasteiger partial charge is 0.0938 e. The molecule has 1 aromatic rings. The fraction of sp³-hybridized carbons (Fsp3) is 0.273. The minimum Gasteiger partial charge on any atom is -0.198 e. The van der Waals surface area contributed by atoms with Crippen molar-refractivity contribution in [2.45, 2.75) is 18.8 Å². The summed E-state index contributed by atoms with van der Waals surface area (Å²) in [5, 5.41) is 18.7. The Morgan fingerprint density at radius 3 is 2.53 bits per heavy atom. The molecule has 1 unspecified atom stereocenters. The van der Waals surface area contributed by atoms with E-state index in [1.54, 1.807) is 25.1 Å². The molecule has 0 aliphatic rings. The van der Waals surface area contributed by atoms with Crippen molar-refractivity contribution in [3.05, 3.63) is 33.8 Å². The lowest BCUT2D eigenvalue weighted by Gasteiger charge is -2.20. The van der Waals surface area contributed by atoms with Gasteiger partial charge in [-0.1, -0.05) is 23.2 Å². The molecule has 0 bridgehead atoms. The third-order valence-electron chi connectivity index (χ3n) is 2.20. The van der Waals surface area contributed by atoms with Crippen molar-refractivity contribution in [3.8, 4) is 12.1 Å². The number of nitrogens with zero attached hydrogens (tertiary/aromatic N) is 2. The van der Waals surface area contributed by atoms with Gasteiger partial charge in [-0.15, -0.1) is 0 Å². The Morgan fingerprint density at radius 1 is 1.33 bits per heavy atom. The predicted octanol–water partition coefficient (Wildman–Crippen LogP) is 3.69. The SMILES string of the molecule is CC(C#N)(CC#N)c1cc(Cl)ccc1Cl. The molecule has 0 N–H and O–H groups in total. The van der Waals surface area contributed by atoms with Crippen molar-refractivity contribution < 1.29 is 0 Å². The van der Waals surface area contributed by atoms with Gasteiger partial charge >= 0.3 is 0 Å². The molecular formula is C11H8Cl2N2. The number of nitriles is 2. The number of benzene rings is 1. The van der Waals surface area contributed by atoms with Gasteiger partial charge in [0, 0.05) is 10.0 Å². The molecule has 0 aliphatic carbocycles. The fourth-order valence-corrected chi connectivity index (χ4v) is 1.77. The van der Waals surface area contributed by atoms with Crippen molar-refractivity contribution in [2.24, 2.45) is 0 Å². The van der Waals surface area contributed by atoms with E-state index in [0.717, 1.165) is 0 Å². The molecule has 0 fully saturated rings. The Bertz CT molecular complexity index is 457. The number of hydrogen-bond acceptors (Lipinski definition) is 2. The predicted molar refractivity (Wildman–Crippen MR) is 59.7 cm³/mol. The van der Waals surface area contributed by atoms with Gasteiger partial charge in [0.1, 0.15) is 0 Å². The lowest BCUT2D eigenvalue weighted by molar-refractivity contribution is 0.628. The Labute approximate surface area is 98.6 Å². The van der Waals surface area contributed by atoms with Gasteiger partial charge < -0.3 is 0 Å². The van der Waals surface area contributed by atoms with E-state index in [9.17, 15) is 0 Å². The summed E-state index contributed by atoms with van der Waals surface area (Å²) in [7, 11) is 0. The lowest BCUT2D eigenvalue weighted by Crippen LogP contribution is -2.19. The van der Waals surface area contributed by atoms with Gasteiger partial charge in [0.25, 0.3) is 0 Å². The Kier molecular flexibility index (Phi) is 3.58. The van der Waals surface area contributed by atoms with Gasteiger partial charge in [-0.05, 0) is 30.7 Å². The largest absolute Gasteiger partial charge is 0.198 e. The maximum atomic E-state index is 9.08. The topological polar surface area (TPSA) is 47.6 Å². The summed E-state index contributed by atoms with van der Waals surface area (Å²) in [6.07, 6.45) is 0.0869. The summed E-state index contributed by atoms with van der Waals surface area (Å²) in [5.41, 5.74) is -0.308. The van der Waals surface area contributed by atoms with E-state index < -0.39 is 5.41 Å². The van der Waals surface area contributed by atoms with Crippen LogP contribution in [0.5, 0.6) is 0 Å². The second-order valence-corrected chi connectivity index (χ2v) is 4.25. The van der Waals surface area contributed by atoms with Crippen LogP contribution >= 0.6 is 23.2 Å². The van der Waals surface area contributed by atoms with Gasteiger partial charge in [-0.3, -0.25) is 0 Å². The van der Waals surface area contributed by atoms with Crippen LogP contribution in [0.4, 0.5) is 0 Å². The summed E-state index contributed by atoms with van der Waals surface area (Å²) in [4.78, 5) is 0. The zero-order valence-corrected chi connectivity index (χ0v) is 9.60. The van der Waals surface area contributed by atoms with E-state index in [-0.39, 0.29) is 6.42 Å².